The first kappa shape index (κ1) is 16.1. The Labute approximate surface area is 146 Å². The fourth-order valence-corrected chi connectivity index (χ4v) is 3.40. The Bertz CT molecular complexity index is 729. The van der Waals surface area contributed by atoms with Gasteiger partial charge in [0.15, 0.2) is 0 Å². The molecule has 25 heavy (non-hydrogen) atoms. The molecular formula is C18H22N4O3. The number of rotatable bonds is 3. The second-order valence-electron chi connectivity index (χ2n) is 6.50. The molecule has 2 saturated heterocycles. The lowest BCUT2D eigenvalue weighted by atomic mass is 10.1. The van der Waals surface area contributed by atoms with E-state index >= 15 is 0 Å². The molecule has 2 aliphatic rings. The zero-order valence-electron chi connectivity index (χ0n) is 14.4. The summed E-state index contributed by atoms with van der Waals surface area (Å²) in [4.78, 5) is 20.9. The van der Waals surface area contributed by atoms with Crippen LogP contribution in [0.1, 0.15) is 18.7 Å². The van der Waals surface area contributed by atoms with Gasteiger partial charge in [-0.25, -0.2) is 0 Å². The van der Waals surface area contributed by atoms with Crippen LogP contribution in [-0.2, 0) is 9.53 Å². The summed E-state index contributed by atoms with van der Waals surface area (Å²) in [6, 6.07) is 8.14. The average Bonchev–Trinajstić information content (AvgIpc) is 3.33. The van der Waals surface area contributed by atoms with Crippen molar-refractivity contribution in [2.75, 3.05) is 37.7 Å². The van der Waals surface area contributed by atoms with Crippen molar-refractivity contribution in [2.45, 2.75) is 25.9 Å². The van der Waals surface area contributed by atoms with Gasteiger partial charge in [-0.1, -0.05) is 5.16 Å². The Morgan fingerprint density at radius 1 is 1.16 bits per heavy atom. The second-order valence-corrected chi connectivity index (χ2v) is 6.50. The van der Waals surface area contributed by atoms with Crippen molar-refractivity contribution in [3.8, 4) is 11.4 Å². The molecule has 0 saturated carbocycles. The molecular weight excluding hydrogens is 320 g/mol. The largest absolute Gasteiger partial charge is 0.368 e. The molecule has 2 aliphatic heterocycles. The number of hydrogen-bond donors (Lipinski definition) is 0. The topological polar surface area (TPSA) is 71.7 Å². The van der Waals surface area contributed by atoms with Crippen LogP contribution in [0.4, 0.5) is 5.69 Å². The van der Waals surface area contributed by atoms with Gasteiger partial charge in [0, 0.05) is 51.0 Å². The molecule has 1 atom stereocenters. The number of carbonyl (C=O) groups excluding carboxylic acids is 1. The van der Waals surface area contributed by atoms with E-state index in [0.29, 0.717) is 18.3 Å². The average molecular weight is 342 g/mol. The molecule has 0 spiro atoms. The van der Waals surface area contributed by atoms with Gasteiger partial charge in [-0.2, -0.15) is 4.98 Å². The van der Waals surface area contributed by atoms with Crippen LogP contribution in [0.2, 0.25) is 0 Å². The lowest BCUT2D eigenvalue weighted by molar-refractivity contribution is -0.141. The van der Waals surface area contributed by atoms with E-state index in [2.05, 4.69) is 27.2 Å². The summed E-state index contributed by atoms with van der Waals surface area (Å²) >= 11 is 0. The van der Waals surface area contributed by atoms with Gasteiger partial charge in [-0.05, 0) is 37.1 Å². The van der Waals surface area contributed by atoms with Gasteiger partial charge in [0.05, 0.1) is 0 Å². The molecule has 0 unspecified atom stereocenters. The highest BCUT2D eigenvalue weighted by atomic mass is 16.5. The molecule has 1 amide bonds. The smallest absolute Gasteiger partial charge is 0.251 e. The van der Waals surface area contributed by atoms with Crippen molar-refractivity contribution in [3.63, 3.8) is 0 Å². The van der Waals surface area contributed by atoms with Gasteiger partial charge in [0.1, 0.15) is 6.10 Å². The zero-order chi connectivity index (χ0) is 17.2. The summed E-state index contributed by atoms with van der Waals surface area (Å²) in [5.41, 5.74) is 2.08. The summed E-state index contributed by atoms with van der Waals surface area (Å²) in [6.07, 6.45) is 1.63. The van der Waals surface area contributed by atoms with Crippen LogP contribution in [0, 0.1) is 6.92 Å². The summed E-state index contributed by atoms with van der Waals surface area (Å²) in [5.74, 6) is 1.32. The Balaban J connectivity index is 1.36. The van der Waals surface area contributed by atoms with Crippen molar-refractivity contribution in [3.05, 3.63) is 30.2 Å². The number of hydrogen-bond acceptors (Lipinski definition) is 6. The molecule has 7 heteroatoms. The van der Waals surface area contributed by atoms with Crippen LogP contribution < -0.4 is 4.90 Å². The molecule has 0 bridgehead atoms. The zero-order valence-corrected chi connectivity index (χ0v) is 14.4. The third kappa shape index (κ3) is 3.37. The maximum atomic E-state index is 12.4. The lowest BCUT2D eigenvalue weighted by Crippen LogP contribution is -2.51. The Hall–Kier alpha value is -2.41. The molecule has 0 N–H and O–H groups in total. The van der Waals surface area contributed by atoms with Crippen LogP contribution in [-0.4, -0.2) is 59.8 Å². The van der Waals surface area contributed by atoms with E-state index < -0.39 is 0 Å². The molecule has 132 valence electrons. The maximum absolute atomic E-state index is 12.4. The molecule has 7 nitrogen and oxygen atoms in total. The molecule has 3 heterocycles. The maximum Gasteiger partial charge on any atom is 0.251 e. The monoisotopic (exact) mass is 342 g/mol. The highest BCUT2D eigenvalue weighted by Gasteiger charge is 2.30. The fourth-order valence-electron chi connectivity index (χ4n) is 3.40. The van der Waals surface area contributed by atoms with E-state index in [0.717, 1.165) is 50.3 Å². The van der Waals surface area contributed by atoms with Crippen LogP contribution in [0.25, 0.3) is 11.4 Å². The molecule has 0 radical (unpaired) electrons. The van der Waals surface area contributed by atoms with Gasteiger partial charge in [-0.15, -0.1) is 0 Å². The van der Waals surface area contributed by atoms with E-state index in [1.54, 1.807) is 6.92 Å². The number of nitrogens with zero attached hydrogens (tertiary/aromatic N) is 4. The minimum Gasteiger partial charge on any atom is -0.368 e. The first-order valence-corrected chi connectivity index (χ1v) is 8.77. The molecule has 2 aromatic rings. The van der Waals surface area contributed by atoms with Crippen LogP contribution >= 0.6 is 0 Å². The van der Waals surface area contributed by atoms with E-state index in [1.165, 1.54) is 0 Å². The van der Waals surface area contributed by atoms with Gasteiger partial charge < -0.3 is 19.1 Å². The summed E-state index contributed by atoms with van der Waals surface area (Å²) < 4.78 is 10.5. The lowest BCUT2D eigenvalue weighted by Gasteiger charge is -2.37. The predicted molar refractivity (Wildman–Crippen MR) is 92.2 cm³/mol. The third-order valence-corrected chi connectivity index (χ3v) is 4.81. The highest BCUT2D eigenvalue weighted by molar-refractivity contribution is 5.81. The Morgan fingerprint density at radius 3 is 2.52 bits per heavy atom. The quantitative estimate of drug-likeness (QED) is 0.848. The fraction of sp³-hybridized carbons (Fsp3) is 0.500. The minimum atomic E-state index is -0.218. The summed E-state index contributed by atoms with van der Waals surface area (Å²) in [7, 11) is 0. The van der Waals surface area contributed by atoms with Crippen molar-refractivity contribution in [2.24, 2.45) is 0 Å². The first-order chi connectivity index (χ1) is 12.2. The normalized spacial score (nSPS) is 20.9. The molecule has 1 aromatic carbocycles. The number of ether oxygens (including phenoxy) is 1. The Kier molecular flexibility index (Phi) is 4.40. The number of piperazine rings is 1. The van der Waals surface area contributed by atoms with E-state index in [-0.39, 0.29) is 12.0 Å². The van der Waals surface area contributed by atoms with Crippen molar-refractivity contribution in [1.29, 1.82) is 0 Å². The standard InChI is InChI=1S/C18H22N4O3/c1-13-19-17(20-25-13)14-4-6-15(7-5-14)21-8-10-22(11-9-21)18(23)16-3-2-12-24-16/h4-7,16H,2-3,8-12H2,1H3/t16-/m0/s1. The van der Waals surface area contributed by atoms with Crippen LogP contribution in [0.15, 0.2) is 28.8 Å². The SMILES string of the molecule is Cc1nc(-c2ccc(N3CCN(C(=O)[C@@H]4CCCO4)CC3)cc2)no1. The second kappa shape index (κ2) is 6.84. The van der Waals surface area contributed by atoms with Crippen molar-refractivity contribution >= 4 is 11.6 Å². The molecule has 0 aliphatic carbocycles. The van der Waals surface area contributed by atoms with Crippen molar-refractivity contribution in [1.82, 2.24) is 15.0 Å². The number of aryl methyl sites for hydroxylation is 1. The van der Waals surface area contributed by atoms with E-state index in [4.69, 9.17) is 9.26 Å². The summed E-state index contributed by atoms with van der Waals surface area (Å²) in [6.45, 7) is 5.64. The predicted octanol–water partition coefficient (Wildman–Crippen LogP) is 1.87. The first-order valence-electron chi connectivity index (χ1n) is 8.77. The number of benzene rings is 1. The minimum absolute atomic E-state index is 0.153. The van der Waals surface area contributed by atoms with Gasteiger partial charge in [0.2, 0.25) is 11.7 Å². The number of aromatic nitrogens is 2. The number of amides is 1. The Morgan fingerprint density at radius 2 is 1.92 bits per heavy atom. The molecule has 4 rings (SSSR count). The van der Waals surface area contributed by atoms with Crippen LogP contribution in [0.5, 0.6) is 0 Å². The third-order valence-electron chi connectivity index (χ3n) is 4.81. The van der Waals surface area contributed by atoms with Crippen molar-refractivity contribution < 1.29 is 14.1 Å². The van der Waals surface area contributed by atoms with Gasteiger partial charge >= 0.3 is 0 Å². The molecule has 1 aromatic heterocycles. The molecule has 2 fully saturated rings. The van der Waals surface area contributed by atoms with Gasteiger partial charge in [-0.3, -0.25) is 4.79 Å². The summed E-state index contributed by atoms with van der Waals surface area (Å²) in [5, 5.41) is 3.94. The van der Waals surface area contributed by atoms with Gasteiger partial charge in [0.25, 0.3) is 5.91 Å². The van der Waals surface area contributed by atoms with E-state index in [9.17, 15) is 4.79 Å². The van der Waals surface area contributed by atoms with Crippen LogP contribution in [0.3, 0.4) is 0 Å². The number of anilines is 1. The number of carbonyl (C=O) groups is 1. The van der Waals surface area contributed by atoms with E-state index in [1.807, 2.05) is 17.0 Å². The highest BCUT2D eigenvalue weighted by Crippen LogP contribution is 2.23.